The van der Waals surface area contributed by atoms with Gasteiger partial charge in [-0.05, 0) is 23.8 Å². The molecule has 2 aromatic rings. The lowest BCUT2D eigenvalue weighted by molar-refractivity contribution is -0.137. The van der Waals surface area contributed by atoms with Crippen molar-refractivity contribution in [3.8, 4) is 11.3 Å². The molecular weight excluding hydrogens is 205 g/mol. The number of H-pyrrole nitrogens is 1. The van der Waals surface area contributed by atoms with Gasteiger partial charge in [-0.25, -0.2) is 0 Å². The molecule has 1 heterocycles. The van der Waals surface area contributed by atoms with Crippen LogP contribution in [0.5, 0.6) is 0 Å². The molecule has 0 saturated heterocycles. The van der Waals surface area contributed by atoms with Crippen molar-refractivity contribution in [2.75, 3.05) is 0 Å². The van der Waals surface area contributed by atoms with Gasteiger partial charge in [0.25, 0.3) is 0 Å². The van der Waals surface area contributed by atoms with Crippen LogP contribution >= 0.6 is 0 Å². The summed E-state index contributed by atoms with van der Waals surface area (Å²) in [5.74, 6) is 0. The minimum atomic E-state index is -4.29. The molecule has 0 fully saturated rings. The summed E-state index contributed by atoms with van der Waals surface area (Å²) in [6, 6.07) is 6.43. The average Bonchev–Trinajstić information content (AvgIpc) is 2.69. The Morgan fingerprint density at radius 2 is 1.80 bits per heavy atom. The van der Waals surface area contributed by atoms with Gasteiger partial charge in [0.15, 0.2) is 0 Å². The molecule has 2 nitrogen and oxygen atoms in total. The zero-order chi connectivity index (χ0) is 10.9. The van der Waals surface area contributed by atoms with Crippen LogP contribution in [0.2, 0.25) is 0 Å². The maximum atomic E-state index is 12.2. The summed E-state index contributed by atoms with van der Waals surface area (Å²) < 4.78 is 36.7. The molecule has 0 aliphatic carbocycles. The van der Waals surface area contributed by atoms with E-state index in [1.54, 1.807) is 6.07 Å². The Morgan fingerprint density at radius 1 is 1.13 bits per heavy atom. The van der Waals surface area contributed by atoms with E-state index < -0.39 is 11.7 Å². The molecule has 0 aliphatic rings. The lowest BCUT2D eigenvalue weighted by Gasteiger charge is -2.06. The van der Waals surface area contributed by atoms with Gasteiger partial charge >= 0.3 is 6.18 Å². The van der Waals surface area contributed by atoms with Gasteiger partial charge in [0, 0.05) is 0 Å². The molecule has 0 bridgehead atoms. The quantitative estimate of drug-likeness (QED) is 0.771. The first-order valence-corrected chi connectivity index (χ1v) is 4.16. The molecule has 0 spiro atoms. The molecule has 2 rings (SSSR count). The molecule has 1 aromatic carbocycles. The number of halogens is 3. The molecule has 0 atom stereocenters. The maximum Gasteiger partial charge on any atom is 0.416 e. The smallest absolute Gasteiger partial charge is 0.277 e. The van der Waals surface area contributed by atoms with E-state index >= 15 is 0 Å². The number of alkyl halides is 3. The molecule has 0 aliphatic heterocycles. The average molecular weight is 211 g/mol. The van der Waals surface area contributed by atoms with E-state index in [2.05, 4.69) is 16.4 Å². The fourth-order valence-corrected chi connectivity index (χ4v) is 1.21. The fraction of sp³-hybridized carbons (Fsp3) is 0.100. The number of hydrogen-bond donors (Lipinski definition) is 1. The molecule has 1 aromatic heterocycles. The minimum absolute atomic E-state index is 0.642. The second-order valence-electron chi connectivity index (χ2n) is 2.99. The normalized spacial score (nSPS) is 11.7. The number of hydrogen-bond acceptors (Lipinski definition) is 1. The first kappa shape index (κ1) is 9.76. The van der Waals surface area contributed by atoms with Crippen LogP contribution in [0.25, 0.3) is 11.3 Å². The van der Waals surface area contributed by atoms with Gasteiger partial charge in [-0.2, -0.15) is 18.3 Å². The van der Waals surface area contributed by atoms with E-state index in [-0.39, 0.29) is 0 Å². The lowest BCUT2D eigenvalue weighted by atomic mass is 10.1. The van der Waals surface area contributed by atoms with Crippen LogP contribution in [0.3, 0.4) is 0 Å². The van der Waals surface area contributed by atoms with Crippen molar-refractivity contribution >= 4 is 0 Å². The third-order valence-corrected chi connectivity index (χ3v) is 1.97. The van der Waals surface area contributed by atoms with E-state index in [0.29, 0.717) is 11.3 Å². The summed E-state index contributed by atoms with van der Waals surface area (Å²) in [4.78, 5) is 0. The predicted octanol–water partition coefficient (Wildman–Crippen LogP) is 2.90. The van der Waals surface area contributed by atoms with Crippen molar-refractivity contribution in [1.82, 2.24) is 10.2 Å². The standard InChI is InChI=1S/C10H6F3N2/c11-10(12,13)8-3-1-7(2-4-8)9-5-6-14-15-9/h1-5H,(H,14,15). The highest BCUT2D eigenvalue weighted by Crippen LogP contribution is 2.30. The Hall–Kier alpha value is -1.78. The lowest BCUT2D eigenvalue weighted by Crippen LogP contribution is -2.03. The maximum absolute atomic E-state index is 12.2. The van der Waals surface area contributed by atoms with Gasteiger partial charge in [-0.3, -0.25) is 5.10 Å². The summed E-state index contributed by atoms with van der Waals surface area (Å²) >= 11 is 0. The van der Waals surface area contributed by atoms with Crippen molar-refractivity contribution in [2.45, 2.75) is 6.18 Å². The van der Waals surface area contributed by atoms with E-state index in [9.17, 15) is 13.2 Å². The van der Waals surface area contributed by atoms with E-state index in [1.165, 1.54) is 12.1 Å². The zero-order valence-electron chi connectivity index (χ0n) is 7.47. The van der Waals surface area contributed by atoms with Crippen LogP contribution in [0.1, 0.15) is 5.56 Å². The summed E-state index contributed by atoms with van der Waals surface area (Å²) in [5.41, 5.74) is 0.634. The molecule has 0 saturated carbocycles. The molecule has 1 N–H and O–H groups in total. The molecule has 0 amide bonds. The molecule has 1 radical (unpaired) electrons. The van der Waals surface area contributed by atoms with Crippen LogP contribution in [0.15, 0.2) is 30.3 Å². The number of nitrogens with zero attached hydrogens (tertiary/aromatic N) is 1. The molecule has 5 heteroatoms. The topological polar surface area (TPSA) is 28.7 Å². The number of benzene rings is 1. The van der Waals surface area contributed by atoms with Crippen molar-refractivity contribution < 1.29 is 13.2 Å². The zero-order valence-corrected chi connectivity index (χ0v) is 7.47. The number of rotatable bonds is 1. The monoisotopic (exact) mass is 211 g/mol. The predicted molar refractivity (Wildman–Crippen MR) is 47.9 cm³/mol. The van der Waals surface area contributed by atoms with Gasteiger partial charge in [0.05, 0.1) is 11.3 Å². The summed E-state index contributed by atoms with van der Waals surface area (Å²) in [5, 5.41) is 6.22. The van der Waals surface area contributed by atoms with Gasteiger partial charge in [0.2, 0.25) is 0 Å². The Balaban J connectivity index is 2.33. The largest absolute Gasteiger partial charge is 0.416 e. The summed E-state index contributed by atoms with van der Waals surface area (Å²) in [6.07, 6.45) is -1.75. The van der Waals surface area contributed by atoms with Crippen molar-refractivity contribution in [2.24, 2.45) is 0 Å². The van der Waals surface area contributed by atoms with Crippen molar-refractivity contribution in [3.63, 3.8) is 0 Å². The number of aromatic nitrogens is 2. The van der Waals surface area contributed by atoms with Gasteiger partial charge < -0.3 is 0 Å². The van der Waals surface area contributed by atoms with Gasteiger partial charge in [-0.15, -0.1) is 0 Å². The summed E-state index contributed by atoms with van der Waals surface area (Å²) in [7, 11) is 0. The second kappa shape index (κ2) is 3.42. The molecule has 15 heavy (non-hydrogen) atoms. The van der Waals surface area contributed by atoms with Crippen LogP contribution in [-0.2, 0) is 6.18 Å². The van der Waals surface area contributed by atoms with E-state index in [0.717, 1.165) is 12.1 Å². The Bertz CT molecular complexity index is 429. The molecular formula is C10H6F3N2. The van der Waals surface area contributed by atoms with Crippen molar-refractivity contribution in [1.29, 1.82) is 0 Å². The first-order chi connectivity index (χ1) is 7.07. The van der Waals surface area contributed by atoms with Crippen LogP contribution in [0.4, 0.5) is 13.2 Å². The molecule has 0 unspecified atom stereocenters. The first-order valence-electron chi connectivity index (χ1n) is 4.16. The number of aromatic amines is 1. The molecule has 77 valence electrons. The highest BCUT2D eigenvalue weighted by Gasteiger charge is 2.29. The minimum Gasteiger partial charge on any atom is -0.277 e. The van der Waals surface area contributed by atoms with Crippen LogP contribution in [-0.4, -0.2) is 10.2 Å². The highest BCUT2D eigenvalue weighted by atomic mass is 19.4. The summed E-state index contributed by atoms with van der Waals surface area (Å²) in [6.45, 7) is 0. The Morgan fingerprint density at radius 3 is 2.27 bits per heavy atom. The fourth-order valence-electron chi connectivity index (χ4n) is 1.21. The van der Waals surface area contributed by atoms with Gasteiger partial charge in [0.1, 0.15) is 6.20 Å². The van der Waals surface area contributed by atoms with Crippen LogP contribution < -0.4 is 0 Å². The van der Waals surface area contributed by atoms with Crippen LogP contribution in [0, 0.1) is 6.20 Å². The number of nitrogens with one attached hydrogen (secondary N) is 1. The Labute approximate surface area is 83.7 Å². The van der Waals surface area contributed by atoms with E-state index in [4.69, 9.17) is 0 Å². The third kappa shape index (κ3) is 2.01. The SMILES string of the molecule is FC(F)(F)c1ccc(-c2c[c]n[nH]2)cc1. The second-order valence-corrected chi connectivity index (χ2v) is 2.99. The van der Waals surface area contributed by atoms with Gasteiger partial charge in [-0.1, -0.05) is 12.1 Å². The Kier molecular flexibility index (Phi) is 2.22. The van der Waals surface area contributed by atoms with Crippen molar-refractivity contribution in [3.05, 3.63) is 42.1 Å². The highest BCUT2D eigenvalue weighted by molar-refractivity contribution is 5.58. The van der Waals surface area contributed by atoms with E-state index in [1.807, 2.05) is 0 Å². The third-order valence-electron chi connectivity index (χ3n) is 1.97.